The van der Waals surface area contributed by atoms with Gasteiger partial charge in [-0.25, -0.2) is 5.14 Å². The summed E-state index contributed by atoms with van der Waals surface area (Å²) in [5, 5.41) is 8.52. The lowest BCUT2D eigenvalue weighted by molar-refractivity contribution is 0.486. The van der Waals surface area contributed by atoms with Crippen LogP contribution in [0.5, 0.6) is 0 Å². The van der Waals surface area contributed by atoms with Crippen LogP contribution in [0.15, 0.2) is 12.4 Å². The summed E-state index contributed by atoms with van der Waals surface area (Å²) in [5.74, 6) is 0. The molecule has 0 saturated heterocycles. The van der Waals surface area contributed by atoms with Gasteiger partial charge in [-0.2, -0.15) is 13.5 Å². The fourth-order valence-electron chi connectivity index (χ4n) is 0.781. The van der Waals surface area contributed by atoms with Crippen molar-refractivity contribution in [3.8, 4) is 0 Å². The molecular weight excluding hydrogens is 192 g/mol. The van der Waals surface area contributed by atoms with Crippen molar-refractivity contribution in [2.75, 3.05) is 21.1 Å². The number of quaternary nitrogens is 1. The first kappa shape index (κ1) is 10.2. The average molecular weight is 205 g/mol. The van der Waals surface area contributed by atoms with Gasteiger partial charge in [-0.15, -0.1) is 4.09 Å². The predicted octanol–water partition coefficient (Wildman–Crippen LogP) is -0.869. The van der Waals surface area contributed by atoms with Crippen LogP contribution in [0.4, 0.5) is 5.69 Å². The fraction of sp³-hybridized carbons (Fsp3) is 0.500. The molecule has 1 heterocycles. The largest absolute Gasteiger partial charge is 0.318 e. The first-order valence-corrected chi connectivity index (χ1v) is 5.11. The quantitative estimate of drug-likeness (QED) is 0.638. The van der Waals surface area contributed by atoms with Crippen molar-refractivity contribution in [2.24, 2.45) is 5.14 Å². The second-order valence-electron chi connectivity index (χ2n) is 3.63. The highest BCUT2D eigenvalue weighted by Gasteiger charge is 2.17. The van der Waals surface area contributed by atoms with Crippen LogP contribution in [0.3, 0.4) is 0 Å². The van der Waals surface area contributed by atoms with Gasteiger partial charge in [0.1, 0.15) is 12.4 Å². The third kappa shape index (κ3) is 2.27. The maximum atomic E-state index is 10.8. The van der Waals surface area contributed by atoms with Gasteiger partial charge in [-0.05, 0) is 0 Å². The summed E-state index contributed by atoms with van der Waals surface area (Å²) in [6.45, 7) is 0. The van der Waals surface area contributed by atoms with Crippen LogP contribution in [-0.4, -0.2) is 38.7 Å². The van der Waals surface area contributed by atoms with Crippen LogP contribution in [0.25, 0.3) is 0 Å². The number of nitrogens with zero attached hydrogens (tertiary/aromatic N) is 3. The van der Waals surface area contributed by atoms with Gasteiger partial charge in [0.05, 0.1) is 21.1 Å². The highest BCUT2D eigenvalue weighted by molar-refractivity contribution is 7.87. The number of hydrogen-bond acceptors (Lipinski definition) is 3. The Bertz CT molecular complexity index is 401. The zero-order valence-corrected chi connectivity index (χ0v) is 8.61. The smallest absolute Gasteiger partial charge is 0.296 e. The minimum absolute atomic E-state index is 0.496. The molecule has 74 valence electrons. The highest BCUT2D eigenvalue weighted by atomic mass is 32.2. The molecule has 0 amide bonds. The van der Waals surface area contributed by atoms with E-state index in [-0.39, 0.29) is 0 Å². The molecule has 0 unspecified atom stereocenters. The first-order valence-electron chi connectivity index (χ1n) is 3.61. The summed E-state index contributed by atoms with van der Waals surface area (Å²) < 4.78 is 22.9. The van der Waals surface area contributed by atoms with E-state index in [0.29, 0.717) is 4.48 Å². The topological polar surface area (TPSA) is 78.0 Å². The van der Waals surface area contributed by atoms with Crippen molar-refractivity contribution < 1.29 is 8.42 Å². The summed E-state index contributed by atoms with van der Waals surface area (Å²) in [4.78, 5) is 0. The van der Waals surface area contributed by atoms with Crippen LogP contribution < -0.4 is 9.62 Å². The van der Waals surface area contributed by atoms with E-state index in [4.69, 9.17) is 5.14 Å². The number of aromatic nitrogens is 2. The van der Waals surface area contributed by atoms with E-state index in [2.05, 4.69) is 5.10 Å². The summed E-state index contributed by atoms with van der Waals surface area (Å²) in [6, 6.07) is 0. The average Bonchev–Trinajstić information content (AvgIpc) is 2.28. The van der Waals surface area contributed by atoms with Gasteiger partial charge >= 0.3 is 10.2 Å². The standard InChI is InChI=1S/C6H13N4O2S/c1-10(2,3)6-4-8-9(5-6)13(7,11)12/h4-5H,1-3H3,(H2,7,11,12)/q+1. The molecule has 0 saturated carbocycles. The van der Waals surface area contributed by atoms with Gasteiger partial charge in [-0.3, -0.25) is 4.48 Å². The van der Waals surface area contributed by atoms with Gasteiger partial charge in [0.2, 0.25) is 0 Å². The summed E-state index contributed by atoms with van der Waals surface area (Å²) in [7, 11) is 1.97. The molecule has 0 fully saturated rings. The molecule has 13 heavy (non-hydrogen) atoms. The van der Waals surface area contributed by atoms with Gasteiger partial charge in [-0.1, -0.05) is 0 Å². The summed E-state index contributed by atoms with van der Waals surface area (Å²) in [5.41, 5.74) is 0.772. The molecule has 0 atom stereocenters. The molecule has 0 aliphatic carbocycles. The third-order valence-electron chi connectivity index (χ3n) is 1.58. The van der Waals surface area contributed by atoms with E-state index in [1.165, 1.54) is 12.4 Å². The predicted molar refractivity (Wildman–Crippen MR) is 50.3 cm³/mol. The van der Waals surface area contributed by atoms with E-state index in [0.717, 1.165) is 9.77 Å². The molecule has 6 nitrogen and oxygen atoms in total. The Balaban J connectivity index is 3.16. The van der Waals surface area contributed by atoms with E-state index < -0.39 is 10.2 Å². The Labute approximate surface area is 77.3 Å². The molecule has 0 aliphatic rings. The molecule has 0 aliphatic heterocycles. The SMILES string of the molecule is C[N+](C)(C)c1cnn(S(N)(=O)=O)c1. The van der Waals surface area contributed by atoms with E-state index in [1.54, 1.807) is 0 Å². The molecule has 0 bridgehead atoms. The lowest BCUT2D eigenvalue weighted by Crippen LogP contribution is -2.34. The molecule has 1 rings (SSSR count). The first-order chi connectivity index (χ1) is 5.71. The van der Waals surface area contributed by atoms with Crippen molar-refractivity contribution in [3.63, 3.8) is 0 Å². The van der Waals surface area contributed by atoms with Crippen molar-refractivity contribution in [2.45, 2.75) is 0 Å². The van der Waals surface area contributed by atoms with Crippen LogP contribution >= 0.6 is 0 Å². The maximum absolute atomic E-state index is 10.8. The zero-order chi connectivity index (χ0) is 10.3. The lowest BCUT2D eigenvalue weighted by atomic mass is 10.5. The molecule has 0 aromatic carbocycles. The van der Waals surface area contributed by atoms with E-state index in [9.17, 15) is 8.42 Å². The van der Waals surface area contributed by atoms with Crippen molar-refractivity contribution in [1.29, 1.82) is 0 Å². The van der Waals surface area contributed by atoms with Crippen LogP contribution in [0.1, 0.15) is 0 Å². The Kier molecular flexibility index (Phi) is 2.18. The molecule has 1 aromatic heterocycles. The maximum Gasteiger partial charge on any atom is 0.318 e. The Hall–Kier alpha value is -0.920. The molecule has 0 radical (unpaired) electrons. The molecule has 0 spiro atoms. The molecule has 1 aromatic rings. The molecular formula is C6H13N4O2S+. The second-order valence-corrected chi connectivity index (χ2v) is 5.03. The van der Waals surface area contributed by atoms with Crippen LogP contribution in [-0.2, 0) is 10.2 Å². The minimum Gasteiger partial charge on any atom is -0.296 e. The van der Waals surface area contributed by atoms with Gasteiger partial charge < -0.3 is 0 Å². The summed E-state index contributed by atoms with van der Waals surface area (Å²) in [6.07, 6.45) is 2.87. The van der Waals surface area contributed by atoms with Gasteiger partial charge in [0.15, 0.2) is 5.69 Å². The normalized spacial score (nSPS) is 13.2. The van der Waals surface area contributed by atoms with Gasteiger partial charge in [0.25, 0.3) is 0 Å². The van der Waals surface area contributed by atoms with E-state index >= 15 is 0 Å². The molecule has 2 N–H and O–H groups in total. The highest BCUT2D eigenvalue weighted by Crippen LogP contribution is 2.14. The summed E-state index contributed by atoms with van der Waals surface area (Å²) >= 11 is 0. The fourth-order valence-corrected chi connectivity index (χ4v) is 1.21. The van der Waals surface area contributed by atoms with Crippen molar-refractivity contribution in [3.05, 3.63) is 12.4 Å². The Morgan fingerprint density at radius 1 is 1.46 bits per heavy atom. The minimum atomic E-state index is -3.75. The number of rotatable bonds is 2. The number of nitrogens with two attached hydrogens (primary N) is 1. The van der Waals surface area contributed by atoms with Crippen molar-refractivity contribution in [1.82, 2.24) is 13.7 Å². The van der Waals surface area contributed by atoms with Crippen LogP contribution in [0.2, 0.25) is 0 Å². The molecule has 7 heteroatoms. The van der Waals surface area contributed by atoms with E-state index in [1.807, 2.05) is 21.1 Å². The second kappa shape index (κ2) is 2.79. The Morgan fingerprint density at radius 2 is 2.00 bits per heavy atom. The third-order valence-corrected chi connectivity index (χ3v) is 2.30. The van der Waals surface area contributed by atoms with Crippen molar-refractivity contribution >= 4 is 15.9 Å². The monoisotopic (exact) mass is 205 g/mol. The lowest BCUT2D eigenvalue weighted by Gasteiger charge is -2.20. The Morgan fingerprint density at radius 3 is 2.23 bits per heavy atom. The van der Waals surface area contributed by atoms with Crippen LogP contribution in [0, 0.1) is 0 Å². The van der Waals surface area contributed by atoms with Gasteiger partial charge in [0, 0.05) is 0 Å². The number of hydrogen-bond donors (Lipinski definition) is 1. The zero-order valence-electron chi connectivity index (χ0n) is 7.80.